The molecule has 5 heteroatoms. The Labute approximate surface area is 142 Å². The Bertz CT molecular complexity index is 753. The van der Waals surface area contributed by atoms with Crippen molar-refractivity contribution in [2.24, 2.45) is 0 Å². The van der Waals surface area contributed by atoms with Crippen LogP contribution in [-0.2, 0) is 6.42 Å². The van der Waals surface area contributed by atoms with Gasteiger partial charge in [-0.2, -0.15) is 0 Å². The number of piperazine rings is 1. The summed E-state index contributed by atoms with van der Waals surface area (Å²) in [6, 6.07) is 12.1. The lowest BCUT2D eigenvalue weighted by atomic mass is 10.2. The lowest BCUT2D eigenvalue weighted by Gasteiger charge is -2.34. The van der Waals surface area contributed by atoms with Crippen molar-refractivity contribution in [2.75, 3.05) is 49.6 Å². The van der Waals surface area contributed by atoms with E-state index in [9.17, 15) is 4.79 Å². The topological polar surface area (TPSA) is 39.7 Å². The number of anilines is 2. The molecule has 0 atom stereocenters. The predicted molar refractivity (Wildman–Crippen MR) is 95.8 cm³/mol. The van der Waals surface area contributed by atoms with Gasteiger partial charge in [-0.1, -0.05) is 18.2 Å². The second kappa shape index (κ2) is 6.24. The van der Waals surface area contributed by atoms with Gasteiger partial charge in [0.25, 0.3) is 5.91 Å². The molecule has 124 valence electrons. The van der Waals surface area contributed by atoms with Crippen LogP contribution in [0.2, 0.25) is 0 Å². The summed E-state index contributed by atoms with van der Waals surface area (Å²) in [7, 11) is 2.14. The second-order valence-electron chi connectivity index (χ2n) is 6.53. The molecule has 5 nitrogen and oxygen atoms in total. The summed E-state index contributed by atoms with van der Waals surface area (Å²) < 4.78 is 0. The Kier molecular flexibility index (Phi) is 3.94. The summed E-state index contributed by atoms with van der Waals surface area (Å²) in [4.78, 5) is 23.8. The fraction of sp³-hybridized carbons (Fsp3) is 0.368. The quantitative estimate of drug-likeness (QED) is 0.848. The van der Waals surface area contributed by atoms with Crippen molar-refractivity contribution in [3.8, 4) is 0 Å². The number of aromatic nitrogens is 1. The molecule has 4 rings (SSSR count). The third-order valence-corrected chi connectivity index (χ3v) is 4.96. The fourth-order valence-corrected chi connectivity index (χ4v) is 3.49. The van der Waals surface area contributed by atoms with Crippen LogP contribution in [0.15, 0.2) is 42.6 Å². The molecule has 1 aromatic carbocycles. The first-order valence-electron chi connectivity index (χ1n) is 8.52. The van der Waals surface area contributed by atoms with Gasteiger partial charge in [0.2, 0.25) is 0 Å². The Hall–Kier alpha value is -2.40. The normalized spacial score (nSPS) is 17.9. The number of likely N-dealkylation sites (N-methyl/N-ethyl adjacent to an activating group) is 1. The van der Waals surface area contributed by atoms with Crippen molar-refractivity contribution < 1.29 is 4.79 Å². The molecule has 2 aliphatic heterocycles. The number of nitrogens with zero attached hydrogens (tertiary/aromatic N) is 4. The highest BCUT2D eigenvalue weighted by atomic mass is 16.2. The minimum Gasteiger partial charge on any atom is -0.369 e. The van der Waals surface area contributed by atoms with Gasteiger partial charge < -0.3 is 14.7 Å². The minimum absolute atomic E-state index is 0.00377. The van der Waals surface area contributed by atoms with E-state index in [1.165, 1.54) is 5.56 Å². The number of carbonyl (C=O) groups excluding carboxylic acids is 1. The van der Waals surface area contributed by atoms with Gasteiger partial charge in [0, 0.05) is 50.3 Å². The molecule has 1 saturated heterocycles. The highest BCUT2D eigenvalue weighted by Crippen LogP contribution is 2.29. The van der Waals surface area contributed by atoms with Crippen LogP contribution >= 0.6 is 0 Å². The number of para-hydroxylation sites is 1. The molecule has 0 spiro atoms. The van der Waals surface area contributed by atoms with Gasteiger partial charge in [-0.05, 0) is 37.2 Å². The van der Waals surface area contributed by atoms with Crippen LogP contribution in [0.4, 0.5) is 11.4 Å². The van der Waals surface area contributed by atoms with E-state index in [0.29, 0.717) is 5.69 Å². The lowest BCUT2D eigenvalue weighted by molar-refractivity contribution is 0.0984. The summed E-state index contributed by atoms with van der Waals surface area (Å²) in [5.74, 6) is -0.00377. The Morgan fingerprint density at radius 3 is 2.67 bits per heavy atom. The first-order valence-corrected chi connectivity index (χ1v) is 8.52. The summed E-state index contributed by atoms with van der Waals surface area (Å²) in [6.07, 6.45) is 2.67. The molecule has 1 aromatic heterocycles. The maximum Gasteiger partial charge on any atom is 0.276 e. The largest absolute Gasteiger partial charge is 0.369 e. The molecule has 0 saturated carbocycles. The van der Waals surface area contributed by atoms with Crippen LogP contribution in [-0.4, -0.2) is 55.6 Å². The molecule has 1 amide bonds. The van der Waals surface area contributed by atoms with Gasteiger partial charge in [0.15, 0.2) is 0 Å². The zero-order valence-electron chi connectivity index (χ0n) is 14.0. The number of benzene rings is 1. The molecule has 24 heavy (non-hydrogen) atoms. The van der Waals surface area contributed by atoms with Crippen molar-refractivity contribution in [2.45, 2.75) is 6.42 Å². The molecule has 0 N–H and O–H groups in total. The van der Waals surface area contributed by atoms with Crippen LogP contribution in [0.25, 0.3) is 0 Å². The second-order valence-corrected chi connectivity index (χ2v) is 6.53. The SMILES string of the molecule is CN1CCN(c2ccnc(C(=O)N3CCc4ccccc43)c2)CC1. The van der Waals surface area contributed by atoms with Crippen molar-refractivity contribution in [1.29, 1.82) is 0 Å². The molecule has 2 aliphatic rings. The Morgan fingerprint density at radius 2 is 1.83 bits per heavy atom. The molecule has 1 fully saturated rings. The summed E-state index contributed by atoms with van der Waals surface area (Å²) in [6.45, 7) is 4.80. The Balaban J connectivity index is 1.57. The number of rotatable bonds is 2. The summed E-state index contributed by atoms with van der Waals surface area (Å²) in [5, 5.41) is 0. The zero-order valence-corrected chi connectivity index (χ0v) is 14.0. The van der Waals surface area contributed by atoms with Gasteiger partial charge in [-0.15, -0.1) is 0 Å². The maximum absolute atomic E-state index is 12.9. The first-order chi connectivity index (χ1) is 11.7. The van der Waals surface area contributed by atoms with Crippen LogP contribution in [0.3, 0.4) is 0 Å². The van der Waals surface area contributed by atoms with Gasteiger partial charge in [0.1, 0.15) is 5.69 Å². The number of carbonyl (C=O) groups is 1. The zero-order chi connectivity index (χ0) is 16.5. The molecular weight excluding hydrogens is 300 g/mol. The van der Waals surface area contributed by atoms with E-state index in [1.807, 2.05) is 35.2 Å². The van der Waals surface area contributed by atoms with E-state index < -0.39 is 0 Å². The van der Waals surface area contributed by atoms with E-state index in [-0.39, 0.29) is 5.91 Å². The van der Waals surface area contributed by atoms with Crippen molar-refractivity contribution in [3.63, 3.8) is 0 Å². The van der Waals surface area contributed by atoms with Gasteiger partial charge in [0.05, 0.1) is 0 Å². The van der Waals surface area contributed by atoms with E-state index >= 15 is 0 Å². The maximum atomic E-state index is 12.9. The third kappa shape index (κ3) is 2.76. The standard InChI is InChI=1S/C19H22N4O/c1-21-10-12-22(13-11-21)16-6-8-20-17(14-16)19(24)23-9-7-15-4-2-3-5-18(15)23/h2-6,8,14H,7,9-13H2,1H3. The van der Waals surface area contributed by atoms with E-state index in [0.717, 1.165) is 50.5 Å². The minimum atomic E-state index is -0.00377. The van der Waals surface area contributed by atoms with E-state index in [2.05, 4.69) is 27.9 Å². The monoisotopic (exact) mass is 322 g/mol. The third-order valence-electron chi connectivity index (χ3n) is 4.96. The molecular formula is C19H22N4O. The molecule has 0 radical (unpaired) electrons. The van der Waals surface area contributed by atoms with Crippen LogP contribution < -0.4 is 9.80 Å². The van der Waals surface area contributed by atoms with Crippen molar-refractivity contribution in [1.82, 2.24) is 9.88 Å². The predicted octanol–water partition coefficient (Wildman–Crippen LogP) is 2.04. The van der Waals surface area contributed by atoms with E-state index in [4.69, 9.17) is 0 Å². The van der Waals surface area contributed by atoms with Crippen molar-refractivity contribution >= 4 is 17.3 Å². The van der Waals surface area contributed by atoms with Crippen molar-refractivity contribution in [3.05, 3.63) is 53.9 Å². The highest BCUT2D eigenvalue weighted by molar-refractivity contribution is 6.06. The molecule has 0 aliphatic carbocycles. The number of fused-ring (bicyclic) bond motifs is 1. The number of hydrogen-bond acceptors (Lipinski definition) is 4. The van der Waals surface area contributed by atoms with Crippen LogP contribution in [0.1, 0.15) is 16.1 Å². The number of amides is 1. The molecule has 0 bridgehead atoms. The smallest absolute Gasteiger partial charge is 0.276 e. The van der Waals surface area contributed by atoms with Gasteiger partial charge >= 0.3 is 0 Å². The summed E-state index contributed by atoms with van der Waals surface area (Å²) >= 11 is 0. The van der Waals surface area contributed by atoms with Gasteiger partial charge in [-0.25, -0.2) is 0 Å². The number of pyridine rings is 1. The average molecular weight is 322 g/mol. The molecule has 0 unspecified atom stereocenters. The lowest BCUT2D eigenvalue weighted by Crippen LogP contribution is -2.44. The Morgan fingerprint density at radius 1 is 1.04 bits per heavy atom. The van der Waals surface area contributed by atoms with E-state index in [1.54, 1.807) is 6.20 Å². The average Bonchev–Trinajstić information content (AvgIpc) is 3.06. The van der Waals surface area contributed by atoms with Crippen LogP contribution in [0, 0.1) is 0 Å². The molecule has 2 aromatic rings. The molecule has 3 heterocycles. The van der Waals surface area contributed by atoms with Crippen LogP contribution in [0.5, 0.6) is 0 Å². The summed E-state index contributed by atoms with van der Waals surface area (Å²) in [5.41, 5.74) is 3.88. The fourth-order valence-electron chi connectivity index (χ4n) is 3.49. The van der Waals surface area contributed by atoms with Gasteiger partial charge in [-0.3, -0.25) is 9.78 Å². The number of hydrogen-bond donors (Lipinski definition) is 0. The first kappa shape index (κ1) is 15.1. The highest BCUT2D eigenvalue weighted by Gasteiger charge is 2.26.